The van der Waals surface area contributed by atoms with Crippen molar-refractivity contribution in [2.75, 3.05) is 0 Å². The summed E-state index contributed by atoms with van der Waals surface area (Å²) < 4.78 is 84.5. The van der Waals surface area contributed by atoms with E-state index in [9.17, 15) is 27.1 Å². The lowest BCUT2D eigenvalue weighted by Crippen LogP contribution is -2.29. The fourth-order valence-electron chi connectivity index (χ4n) is 6.07. The molecule has 0 amide bonds. The van der Waals surface area contributed by atoms with Crippen molar-refractivity contribution in [2.24, 2.45) is 5.41 Å². The second-order valence-electron chi connectivity index (χ2n) is 11.3. The van der Waals surface area contributed by atoms with Crippen LogP contribution < -0.4 is 0 Å². The molecule has 2 aliphatic carbocycles. The van der Waals surface area contributed by atoms with Crippen molar-refractivity contribution < 1.29 is 31.4 Å². The first-order valence-corrected chi connectivity index (χ1v) is 12.9. The van der Waals surface area contributed by atoms with E-state index in [0.29, 0.717) is 29.8 Å². The zero-order valence-electron chi connectivity index (χ0n) is 21.2. The fourth-order valence-corrected chi connectivity index (χ4v) is 6.07. The Balaban J connectivity index is 1.79. The first-order chi connectivity index (χ1) is 17.9. The molecule has 5 rings (SSSR count). The van der Waals surface area contributed by atoms with Gasteiger partial charge in [-0.05, 0) is 72.1 Å². The van der Waals surface area contributed by atoms with Gasteiger partial charge in [0, 0.05) is 22.7 Å². The van der Waals surface area contributed by atoms with Crippen LogP contribution in [-0.4, -0.2) is 10.1 Å². The predicted molar refractivity (Wildman–Crippen MR) is 132 cm³/mol. The Morgan fingerprint density at radius 1 is 0.974 bits per heavy atom. The minimum atomic E-state index is -4.57. The average molecular weight is 534 g/mol. The Hall–Kier alpha value is -2.87. The van der Waals surface area contributed by atoms with E-state index in [0.717, 1.165) is 62.1 Å². The van der Waals surface area contributed by atoms with E-state index in [1.54, 1.807) is 0 Å². The Labute approximate surface area is 217 Å². The van der Waals surface area contributed by atoms with Gasteiger partial charge in [0.05, 0.1) is 17.4 Å². The van der Waals surface area contributed by atoms with Gasteiger partial charge in [0.1, 0.15) is 0 Å². The lowest BCUT2D eigenvalue weighted by atomic mass is 9.71. The molecular formula is C30H29F6NO. The number of hydrogen-bond donors (Lipinski definition) is 1. The number of rotatable bonds is 4. The minimum absolute atomic E-state index is 0.00606. The number of aromatic nitrogens is 1. The van der Waals surface area contributed by atoms with Crippen LogP contribution in [0.25, 0.3) is 11.1 Å². The molecule has 0 spiro atoms. The molecule has 1 fully saturated rings. The summed E-state index contributed by atoms with van der Waals surface area (Å²) in [6, 6.07) is 7.15. The first kappa shape index (κ1) is 26.7. The van der Waals surface area contributed by atoms with Crippen molar-refractivity contribution in [1.29, 1.82) is 0 Å². The van der Waals surface area contributed by atoms with Crippen LogP contribution >= 0.6 is 0 Å². The highest BCUT2D eigenvalue weighted by molar-refractivity contribution is 5.75. The molecule has 8 heteroatoms. The van der Waals surface area contributed by atoms with Gasteiger partial charge in [-0.25, -0.2) is 13.2 Å². The van der Waals surface area contributed by atoms with Crippen molar-refractivity contribution in [3.05, 3.63) is 87.7 Å². The van der Waals surface area contributed by atoms with E-state index in [4.69, 9.17) is 4.98 Å². The molecule has 1 N–H and O–H groups in total. The van der Waals surface area contributed by atoms with Crippen LogP contribution in [0.1, 0.15) is 97.8 Å². The van der Waals surface area contributed by atoms with Gasteiger partial charge in [0.25, 0.3) is 0 Å². The fraction of sp³-hybridized carbons (Fsp3) is 0.433. The number of hydrogen-bond acceptors (Lipinski definition) is 2. The molecule has 0 saturated heterocycles. The number of aliphatic hydroxyl groups excluding tert-OH is 1. The normalized spacial score (nSPS) is 20.4. The number of alkyl halides is 4. The molecule has 2 nitrogen and oxygen atoms in total. The van der Waals surface area contributed by atoms with Gasteiger partial charge in [-0.3, -0.25) is 4.98 Å². The Kier molecular flexibility index (Phi) is 6.83. The smallest absolute Gasteiger partial charge is 0.388 e. The van der Waals surface area contributed by atoms with Crippen LogP contribution in [0.2, 0.25) is 0 Å². The topological polar surface area (TPSA) is 33.1 Å². The van der Waals surface area contributed by atoms with Crippen molar-refractivity contribution in [1.82, 2.24) is 4.98 Å². The van der Waals surface area contributed by atoms with Crippen molar-refractivity contribution in [2.45, 2.75) is 76.7 Å². The standard InChI is InChI=1S/C30H29F6NO/c1-29(2)14-22-25(23(38)15-29)24(18-9-12-20(31)21(32)13-18)26(28(37-22)17-5-3-4-6-17)27(33)16-7-10-19(11-8-16)30(34,35)36/h7-13,17,23,27,38H,3-6,14-15H2,1-2H3/t23-,27-/m0/s1. The predicted octanol–water partition coefficient (Wildman–Crippen LogP) is 8.77. The quantitative estimate of drug-likeness (QED) is 0.340. The maximum atomic E-state index is 16.6. The number of benzene rings is 2. The average Bonchev–Trinajstić information content (AvgIpc) is 3.38. The van der Waals surface area contributed by atoms with E-state index in [1.165, 1.54) is 6.07 Å². The molecule has 1 heterocycles. The summed E-state index contributed by atoms with van der Waals surface area (Å²) in [4.78, 5) is 4.92. The molecule has 202 valence electrons. The summed E-state index contributed by atoms with van der Waals surface area (Å²) >= 11 is 0. The summed E-state index contributed by atoms with van der Waals surface area (Å²) in [6.07, 6.45) is -3.24. The Morgan fingerprint density at radius 2 is 1.63 bits per heavy atom. The zero-order valence-corrected chi connectivity index (χ0v) is 21.2. The number of halogens is 6. The monoisotopic (exact) mass is 533 g/mol. The Bertz CT molecular complexity index is 1340. The van der Waals surface area contributed by atoms with Crippen LogP contribution in [0, 0.1) is 17.0 Å². The zero-order chi connectivity index (χ0) is 27.4. The summed E-state index contributed by atoms with van der Waals surface area (Å²) in [6.45, 7) is 4.00. The van der Waals surface area contributed by atoms with Crippen molar-refractivity contribution >= 4 is 0 Å². The minimum Gasteiger partial charge on any atom is -0.388 e. The lowest BCUT2D eigenvalue weighted by molar-refractivity contribution is -0.137. The molecule has 0 radical (unpaired) electrons. The van der Waals surface area contributed by atoms with E-state index in [1.807, 2.05) is 13.8 Å². The van der Waals surface area contributed by atoms with Crippen LogP contribution in [0.4, 0.5) is 26.3 Å². The highest BCUT2D eigenvalue weighted by atomic mass is 19.4. The number of nitrogens with zero attached hydrogens (tertiary/aromatic N) is 1. The van der Waals surface area contributed by atoms with Gasteiger partial charge in [-0.2, -0.15) is 13.2 Å². The third-order valence-corrected chi connectivity index (χ3v) is 7.84. The van der Waals surface area contributed by atoms with Gasteiger partial charge < -0.3 is 5.11 Å². The molecule has 2 atom stereocenters. The van der Waals surface area contributed by atoms with Crippen LogP contribution in [0.5, 0.6) is 0 Å². The van der Waals surface area contributed by atoms with Crippen LogP contribution in [0.15, 0.2) is 42.5 Å². The van der Waals surface area contributed by atoms with E-state index in [-0.39, 0.29) is 33.6 Å². The Morgan fingerprint density at radius 3 is 2.24 bits per heavy atom. The van der Waals surface area contributed by atoms with Gasteiger partial charge >= 0.3 is 6.18 Å². The lowest BCUT2D eigenvalue weighted by Gasteiger charge is -2.37. The number of aliphatic hydroxyl groups is 1. The summed E-state index contributed by atoms with van der Waals surface area (Å²) in [5, 5.41) is 11.3. The highest BCUT2D eigenvalue weighted by Crippen LogP contribution is 2.51. The van der Waals surface area contributed by atoms with Crippen molar-refractivity contribution in [3.8, 4) is 11.1 Å². The summed E-state index contributed by atoms with van der Waals surface area (Å²) in [5.41, 5.74) is 0.831. The largest absolute Gasteiger partial charge is 0.416 e. The van der Waals surface area contributed by atoms with Gasteiger partial charge in [-0.1, -0.05) is 44.9 Å². The van der Waals surface area contributed by atoms with E-state index >= 15 is 4.39 Å². The molecule has 1 saturated carbocycles. The first-order valence-electron chi connectivity index (χ1n) is 12.9. The third kappa shape index (κ3) is 4.95. The molecule has 0 bridgehead atoms. The van der Waals surface area contributed by atoms with Crippen LogP contribution in [0.3, 0.4) is 0 Å². The number of fused-ring (bicyclic) bond motifs is 1. The molecular weight excluding hydrogens is 504 g/mol. The molecule has 0 unspecified atom stereocenters. The summed E-state index contributed by atoms with van der Waals surface area (Å²) in [7, 11) is 0. The maximum absolute atomic E-state index is 16.6. The van der Waals surface area contributed by atoms with Crippen LogP contribution in [-0.2, 0) is 12.6 Å². The second kappa shape index (κ2) is 9.70. The van der Waals surface area contributed by atoms with E-state index in [2.05, 4.69) is 0 Å². The molecule has 2 aliphatic rings. The maximum Gasteiger partial charge on any atom is 0.416 e. The SMILES string of the molecule is CC1(C)Cc2nc(C3CCCC3)c([C@@H](F)c3ccc(C(F)(F)F)cc3)c(-c3ccc(F)c(F)c3)c2[C@@H](O)C1. The number of pyridine rings is 1. The van der Waals surface area contributed by atoms with E-state index < -0.39 is 35.6 Å². The molecule has 3 aromatic rings. The molecule has 2 aromatic carbocycles. The van der Waals surface area contributed by atoms with Crippen molar-refractivity contribution in [3.63, 3.8) is 0 Å². The molecule has 0 aliphatic heterocycles. The van der Waals surface area contributed by atoms with Gasteiger partial charge in [-0.15, -0.1) is 0 Å². The summed E-state index contributed by atoms with van der Waals surface area (Å²) in [5.74, 6) is -2.26. The van der Waals surface area contributed by atoms with Gasteiger partial charge in [0.2, 0.25) is 0 Å². The molecule has 38 heavy (non-hydrogen) atoms. The second-order valence-corrected chi connectivity index (χ2v) is 11.3. The third-order valence-electron chi connectivity index (χ3n) is 7.84. The van der Waals surface area contributed by atoms with Gasteiger partial charge in [0.15, 0.2) is 17.8 Å². The molecule has 1 aromatic heterocycles. The highest BCUT2D eigenvalue weighted by Gasteiger charge is 2.39.